The fourth-order valence-electron chi connectivity index (χ4n) is 2.28. The molecule has 0 aliphatic rings. The highest BCUT2D eigenvalue weighted by molar-refractivity contribution is 4.70. The topological polar surface area (TPSA) is 20.2 Å². The summed E-state index contributed by atoms with van der Waals surface area (Å²) >= 11 is 0. The van der Waals surface area contributed by atoms with Crippen molar-refractivity contribution in [2.24, 2.45) is 11.8 Å². The highest BCUT2D eigenvalue weighted by atomic mass is 16.3. The fourth-order valence-corrected chi connectivity index (χ4v) is 2.28. The monoisotopic (exact) mass is 214 g/mol. The largest absolute Gasteiger partial charge is 0.393 e. The standard InChI is InChI=1S/C14H30O/c1-5-7-8-10-14(15)13(9-6-2)11-12(3)4/h12-15H,5-11H2,1-4H3. The van der Waals surface area contributed by atoms with E-state index in [9.17, 15) is 5.11 Å². The molecule has 0 heterocycles. The first-order chi connectivity index (χ1) is 7.11. The van der Waals surface area contributed by atoms with E-state index < -0.39 is 0 Å². The van der Waals surface area contributed by atoms with Crippen LogP contribution >= 0.6 is 0 Å². The number of rotatable bonds is 9. The zero-order valence-corrected chi connectivity index (χ0v) is 11.1. The summed E-state index contributed by atoms with van der Waals surface area (Å²) in [5.74, 6) is 1.24. The number of hydrogen-bond donors (Lipinski definition) is 1. The number of unbranched alkanes of at least 4 members (excludes halogenated alkanes) is 2. The van der Waals surface area contributed by atoms with Gasteiger partial charge in [0, 0.05) is 0 Å². The number of aliphatic hydroxyl groups is 1. The van der Waals surface area contributed by atoms with Gasteiger partial charge in [0.05, 0.1) is 6.10 Å². The van der Waals surface area contributed by atoms with Gasteiger partial charge in [-0.05, 0) is 31.1 Å². The normalized spacial score (nSPS) is 15.6. The molecule has 0 aromatic carbocycles. The van der Waals surface area contributed by atoms with Gasteiger partial charge in [-0.2, -0.15) is 0 Å². The molecule has 0 spiro atoms. The third kappa shape index (κ3) is 7.84. The van der Waals surface area contributed by atoms with Gasteiger partial charge in [0.1, 0.15) is 0 Å². The lowest BCUT2D eigenvalue weighted by Gasteiger charge is -2.24. The fraction of sp³-hybridized carbons (Fsp3) is 1.00. The molecule has 1 nitrogen and oxygen atoms in total. The van der Waals surface area contributed by atoms with Crippen molar-refractivity contribution in [1.29, 1.82) is 0 Å². The van der Waals surface area contributed by atoms with Gasteiger partial charge in [-0.15, -0.1) is 0 Å². The quantitative estimate of drug-likeness (QED) is 0.564. The highest BCUT2D eigenvalue weighted by Gasteiger charge is 2.18. The molecule has 1 heteroatoms. The van der Waals surface area contributed by atoms with Crippen molar-refractivity contribution in [3.63, 3.8) is 0 Å². The Morgan fingerprint density at radius 3 is 2.07 bits per heavy atom. The molecular formula is C14H30O. The summed E-state index contributed by atoms with van der Waals surface area (Å²) in [4.78, 5) is 0. The van der Waals surface area contributed by atoms with Gasteiger partial charge >= 0.3 is 0 Å². The lowest BCUT2D eigenvalue weighted by Crippen LogP contribution is -2.22. The molecule has 0 rings (SSSR count). The predicted octanol–water partition coefficient (Wildman–Crippen LogP) is 4.39. The van der Waals surface area contributed by atoms with E-state index in [0.717, 1.165) is 6.42 Å². The molecule has 0 saturated heterocycles. The Morgan fingerprint density at radius 1 is 0.933 bits per heavy atom. The Balaban J connectivity index is 3.86. The Hall–Kier alpha value is -0.0400. The summed E-state index contributed by atoms with van der Waals surface area (Å²) in [7, 11) is 0. The Kier molecular flexibility index (Phi) is 9.18. The first kappa shape index (κ1) is 15.0. The molecule has 0 aromatic rings. The predicted molar refractivity (Wildman–Crippen MR) is 68.0 cm³/mol. The van der Waals surface area contributed by atoms with Gasteiger partial charge in [-0.25, -0.2) is 0 Å². The number of aliphatic hydroxyl groups excluding tert-OH is 1. The molecular weight excluding hydrogens is 184 g/mol. The summed E-state index contributed by atoms with van der Waals surface area (Å²) in [6.45, 7) is 8.93. The van der Waals surface area contributed by atoms with Gasteiger partial charge in [0.15, 0.2) is 0 Å². The van der Waals surface area contributed by atoms with Crippen LogP contribution in [0.4, 0.5) is 0 Å². The van der Waals surface area contributed by atoms with Gasteiger partial charge < -0.3 is 5.11 Å². The summed E-state index contributed by atoms with van der Waals surface area (Å²) in [5.41, 5.74) is 0. The smallest absolute Gasteiger partial charge is 0.0568 e. The zero-order valence-electron chi connectivity index (χ0n) is 11.1. The van der Waals surface area contributed by atoms with Crippen LogP contribution in [0.5, 0.6) is 0 Å². The lowest BCUT2D eigenvalue weighted by molar-refractivity contribution is 0.0788. The molecule has 0 bridgehead atoms. The second-order valence-electron chi connectivity index (χ2n) is 5.24. The van der Waals surface area contributed by atoms with Gasteiger partial charge in [-0.3, -0.25) is 0 Å². The van der Waals surface area contributed by atoms with Gasteiger partial charge in [0.2, 0.25) is 0 Å². The minimum Gasteiger partial charge on any atom is -0.393 e. The third-order valence-corrected chi connectivity index (χ3v) is 3.08. The molecule has 92 valence electrons. The van der Waals surface area contributed by atoms with Crippen molar-refractivity contribution >= 4 is 0 Å². The molecule has 2 atom stereocenters. The second-order valence-corrected chi connectivity index (χ2v) is 5.24. The Bertz CT molecular complexity index is 131. The van der Waals surface area contributed by atoms with E-state index in [1.54, 1.807) is 0 Å². The molecule has 0 aliphatic carbocycles. The van der Waals surface area contributed by atoms with Crippen molar-refractivity contribution in [3.8, 4) is 0 Å². The van der Waals surface area contributed by atoms with E-state index in [1.807, 2.05) is 0 Å². The van der Waals surface area contributed by atoms with Crippen LogP contribution in [-0.2, 0) is 0 Å². The molecule has 0 aliphatic heterocycles. The molecule has 15 heavy (non-hydrogen) atoms. The molecule has 1 N–H and O–H groups in total. The van der Waals surface area contributed by atoms with Crippen LogP contribution in [-0.4, -0.2) is 11.2 Å². The van der Waals surface area contributed by atoms with Crippen LogP contribution in [0, 0.1) is 11.8 Å². The summed E-state index contributed by atoms with van der Waals surface area (Å²) in [6, 6.07) is 0. The zero-order chi connectivity index (χ0) is 11.7. The molecule has 0 fully saturated rings. The number of hydrogen-bond acceptors (Lipinski definition) is 1. The molecule has 2 unspecified atom stereocenters. The minimum absolute atomic E-state index is 0.0566. The minimum atomic E-state index is -0.0566. The lowest BCUT2D eigenvalue weighted by atomic mass is 9.86. The highest BCUT2D eigenvalue weighted by Crippen LogP contribution is 2.24. The van der Waals surface area contributed by atoms with Crippen molar-refractivity contribution in [3.05, 3.63) is 0 Å². The van der Waals surface area contributed by atoms with Crippen LogP contribution in [0.25, 0.3) is 0 Å². The van der Waals surface area contributed by atoms with Crippen molar-refractivity contribution < 1.29 is 5.11 Å². The van der Waals surface area contributed by atoms with E-state index in [4.69, 9.17) is 0 Å². The summed E-state index contributed by atoms with van der Waals surface area (Å²) in [5, 5.41) is 10.1. The molecule has 0 aromatic heterocycles. The first-order valence-corrected chi connectivity index (χ1v) is 6.79. The Labute approximate surface area is 96.3 Å². The maximum absolute atomic E-state index is 10.1. The van der Waals surface area contributed by atoms with Crippen molar-refractivity contribution in [1.82, 2.24) is 0 Å². The van der Waals surface area contributed by atoms with E-state index in [2.05, 4.69) is 27.7 Å². The van der Waals surface area contributed by atoms with E-state index >= 15 is 0 Å². The van der Waals surface area contributed by atoms with Crippen LogP contribution in [0.3, 0.4) is 0 Å². The van der Waals surface area contributed by atoms with Crippen LogP contribution in [0.1, 0.15) is 72.6 Å². The maximum Gasteiger partial charge on any atom is 0.0568 e. The van der Waals surface area contributed by atoms with Crippen molar-refractivity contribution in [2.75, 3.05) is 0 Å². The van der Waals surface area contributed by atoms with Crippen LogP contribution < -0.4 is 0 Å². The molecule has 0 radical (unpaired) electrons. The third-order valence-electron chi connectivity index (χ3n) is 3.08. The van der Waals surface area contributed by atoms with Crippen LogP contribution in [0.15, 0.2) is 0 Å². The average Bonchev–Trinajstić information content (AvgIpc) is 2.17. The SMILES string of the molecule is CCCCCC(O)C(CCC)CC(C)C. The molecule has 0 saturated carbocycles. The van der Waals surface area contributed by atoms with Gasteiger partial charge in [-0.1, -0.05) is 53.4 Å². The Morgan fingerprint density at radius 2 is 1.60 bits per heavy atom. The second kappa shape index (κ2) is 9.21. The van der Waals surface area contributed by atoms with Crippen LogP contribution in [0.2, 0.25) is 0 Å². The van der Waals surface area contributed by atoms with E-state index in [1.165, 1.54) is 38.5 Å². The van der Waals surface area contributed by atoms with E-state index in [0.29, 0.717) is 11.8 Å². The summed E-state index contributed by atoms with van der Waals surface area (Å²) in [6.07, 6.45) is 8.21. The first-order valence-electron chi connectivity index (χ1n) is 6.79. The van der Waals surface area contributed by atoms with Gasteiger partial charge in [0.25, 0.3) is 0 Å². The average molecular weight is 214 g/mol. The molecule has 0 amide bonds. The van der Waals surface area contributed by atoms with E-state index in [-0.39, 0.29) is 6.10 Å². The maximum atomic E-state index is 10.1. The van der Waals surface area contributed by atoms with Crippen molar-refractivity contribution in [2.45, 2.75) is 78.7 Å². The summed E-state index contributed by atoms with van der Waals surface area (Å²) < 4.78 is 0.